The molecule has 0 aliphatic heterocycles. The fourth-order valence-electron chi connectivity index (χ4n) is 3.80. The predicted molar refractivity (Wildman–Crippen MR) is 140 cm³/mol. The lowest BCUT2D eigenvalue weighted by Gasteiger charge is -2.15. The molecular formula is C22H14S6. The molecule has 0 atom stereocenters. The molecule has 0 saturated carbocycles. The third kappa shape index (κ3) is 2.76. The van der Waals surface area contributed by atoms with Crippen molar-refractivity contribution in [3.8, 4) is 0 Å². The van der Waals surface area contributed by atoms with Crippen molar-refractivity contribution >= 4 is 119 Å². The number of hydrogen-bond donors (Lipinski definition) is 6. The van der Waals surface area contributed by atoms with Gasteiger partial charge in [-0.2, -0.15) is 0 Å². The van der Waals surface area contributed by atoms with Crippen molar-refractivity contribution in [1.82, 2.24) is 0 Å². The van der Waals surface area contributed by atoms with Gasteiger partial charge in [0.15, 0.2) is 0 Å². The highest BCUT2D eigenvalue weighted by Gasteiger charge is 2.15. The average molecular weight is 471 g/mol. The van der Waals surface area contributed by atoms with Crippen LogP contribution in [0.2, 0.25) is 0 Å². The Morgan fingerprint density at radius 3 is 0.750 bits per heavy atom. The van der Waals surface area contributed by atoms with Gasteiger partial charge >= 0.3 is 0 Å². The van der Waals surface area contributed by atoms with Gasteiger partial charge in [0.25, 0.3) is 0 Å². The monoisotopic (exact) mass is 470 g/mol. The van der Waals surface area contributed by atoms with Crippen LogP contribution >= 0.6 is 75.8 Å². The minimum Gasteiger partial charge on any atom is -0.143 e. The van der Waals surface area contributed by atoms with Gasteiger partial charge in [0.05, 0.1) is 0 Å². The summed E-state index contributed by atoms with van der Waals surface area (Å²) in [6.07, 6.45) is 0. The molecule has 5 rings (SSSR count). The van der Waals surface area contributed by atoms with Crippen LogP contribution in [0.1, 0.15) is 0 Å². The van der Waals surface area contributed by atoms with Crippen molar-refractivity contribution in [2.45, 2.75) is 29.4 Å². The molecular weight excluding hydrogens is 457 g/mol. The van der Waals surface area contributed by atoms with Crippen molar-refractivity contribution in [2.24, 2.45) is 0 Å². The van der Waals surface area contributed by atoms with Crippen molar-refractivity contribution in [1.29, 1.82) is 0 Å². The molecule has 0 bridgehead atoms. The van der Waals surface area contributed by atoms with Gasteiger partial charge in [0.1, 0.15) is 0 Å². The van der Waals surface area contributed by atoms with Crippen LogP contribution in [-0.2, 0) is 0 Å². The summed E-state index contributed by atoms with van der Waals surface area (Å²) in [5.74, 6) is 0. The summed E-state index contributed by atoms with van der Waals surface area (Å²) in [5, 5.41) is 8.40. The Balaban J connectivity index is 2.04. The molecule has 0 amide bonds. The van der Waals surface area contributed by atoms with Gasteiger partial charge in [-0.3, -0.25) is 0 Å². The molecule has 5 aromatic rings. The first-order valence-corrected chi connectivity index (χ1v) is 11.2. The largest absolute Gasteiger partial charge is 0.143 e. The molecule has 0 aliphatic rings. The normalized spacial score (nSPS) is 11.9. The van der Waals surface area contributed by atoms with Crippen molar-refractivity contribution in [3.63, 3.8) is 0 Å². The Labute approximate surface area is 195 Å². The molecule has 0 saturated heterocycles. The zero-order valence-corrected chi connectivity index (χ0v) is 19.7. The first-order valence-electron chi connectivity index (χ1n) is 8.47. The van der Waals surface area contributed by atoms with E-state index in [1.807, 2.05) is 24.3 Å². The predicted octanol–water partition coefficient (Wildman–Crippen LogP) is 8.03. The van der Waals surface area contributed by atoms with Crippen molar-refractivity contribution in [2.75, 3.05) is 0 Å². The summed E-state index contributed by atoms with van der Waals surface area (Å²) in [6.45, 7) is 0. The van der Waals surface area contributed by atoms with Crippen LogP contribution in [0.3, 0.4) is 0 Å². The Morgan fingerprint density at radius 2 is 0.536 bits per heavy atom. The summed E-state index contributed by atoms with van der Waals surface area (Å²) in [4.78, 5) is 5.50. The van der Waals surface area contributed by atoms with Crippen molar-refractivity contribution < 1.29 is 0 Å². The summed E-state index contributed by atoms with van der Waals surface area (Å²) < 4.78 is 0. The maximum Gasteiger partial charge on any atom is 0.0199 e. The standard InChI is InChI=1S/C22H14S6/c23-17-1-2-18(24)10-6-14-13(5-9(10)17)21(27)15-7-11-12(8-16(15)22(14)28)20(26)4-3-19(11)25/h1-8,23-28H. The molecule has 6 heteroatoms. The first-order chi connectivity index (χ1) is 13.4. The lowest BCUT2D eigenvalue weighted by Crippen LogP contribution is -1.88. The molecule has 0 aliphatic carbocycles. The van der Waals surface area contributed by atoms with Gasteiger partial charge < -0.3 is 0 Å². The van der Waals surface area contributed by atoms with Gasteiger partial charge in [-0.1, -0.05) is 0 Å². The van der Waals surface area contributed by atoms with E-state index in [0.717, 1.165) is 72.5 Å². The number of benzene rings is 5. The molecule has 0 radical (unpaired) electrons. The molecule has 138 valence electrons. The van der Waals surface area contributed by atoms with Gasteiger partial charge in [0, 0.05) is 29.4 Å². The van der Waals surface area contributed by atoms with Crippen LogP contribution < -0.4 is 0 Å². The van der Waals surface area contributed by atoms with Crippen molar-refractivity contribution in [3.05, 3.63) is 48.5 Å². The molecule has 0 nitrogen and oxygen atoms in total. The van der Waals surface area contributed by atoms with E-state index < -0.39 is 0 Å². The van der Waals surface area contributed by atoms with Crippen LogP contribution in [0, 0.1) is 0 Å². The summed E-state index contributed by atoms with van der Waals surface area (Å²) >= 11 is 28.4. The van der Waals surface area contributed by atoms with Crippen LogP contribution in [-0.4, -0.2) is 0 Å². The van der Waals surface area contributed by atoms with Gasteiger partial charge in [-0.15, -0.1) is 75.8 Å². The number of thiol groups is 6. The second-order valence-corrected chi connectivity index (χ2v) is 9.61. The Kier molecular flexibility index (Phi) is 4.73. The third-order valence-corrected chi connectivity index (χ3v) is 7.76. The summed E-state index contributed by atoms with van der Waals surface area (Å²) in [7, 11) is 0. The topological polar surface area (TPSA) is 0 Å². The lowest BCUT2D eigenvalue weighted by atomic mass is 9.97. The van der Waals surface area contributed by atoms with E-state index >= 15 is 0 Å². The minimum atomic E-state index is 0.916. The van der Waals surface area contributed by atoms with Gasteiger partial charge in [-0.25, -0.2) is 0 Å². The zero-order valence-electron chi connectivity index (χ0n) is 14.3. The second-order valence-electron chi connectivity index (χ2n) is 6.79. The third-order valence-electron chi connectivity index (χ3n) is 5.24. The second kappa shape index (κ2) is 6.89. The molecule has 0 heterocycles. The zero-order chi connectivity index (χ0) is 19.7. The van der Waals surface area contributed by atoms with Crippen LogP contribution in [0.5, 0.6) is 0 Å². The van der Waals surface area contributed by atoms with E-state index in [1.54, 1.807) is 0 Å². The Hall–Kier alpha value is -0.760. The van der Waals surface area contributed by atoms with E-state index in [0.29, 0.717) is 0 Å². The maximum atomic E-state index is 4.91. The number of fused-ring (bicyclic) bond motifs is 4. The van der Waals surface area contributed by atoms with Gasteiger partial charge in [-0.05, 0) is 91.6 Å². The summed E-state index contributed by atoms with van der Waals surface area (Å²) in [5.41, 5.74) is 0. The van der Waals surface area contributed by atoms with E-state index in [4.69, 9.17) is 25.3 Å². The van der Waals surface area contributed by atoms with E-state index in [9.17, 15) is 0 Å². The number of rotatable bonds is 0. The van der Waals surface area contributed by atoms with Gasteiger partial charge in [0.2, 0.25) is 0 Å². The van der Waals surface area contributed by atoms with E-state index in [1.165, 1.54) is 0 Å². The summed E-state index contributed by atoms with van der Waals surface area (Å²) in [6, 6.07) is 16.4. The molecule has 0 spiro atoms. The fraction of sp³-hybridized carbons (Fsp3) is 0. The fourth-order valence-corrected chi connectivity index (χ4v) is 5.57. The maximum absolute atomic E-state index is 4.91. The number of hydrogen-bond acceptors (Lipinski definition) is 6. The molecule has 0 N–H and O–H groups in total. The molecule has 0 aromatic heterocycles. The highest BCUT2D eigenvalue weighted by Crippen LogP contribution is 2.43. The Bertz CT molecular complexity index is 1250. The van der Waals surface area contributed by atoms with E-state index in [-0.39, 0.29) is 0 Å². The Morgan fingerprint density at radius 1 is 0.321 bits per heavy atom. The highest BCUT2D eigenvalue weighted by molar-refractivity contribution is 7.82. The molecule has 5 aromatic carbocycles. The van der Waals surface area contributed by atoms with E-state index in [2.05, 4.69) is 74.8 Å². The quantitative estimate of drug-likeness (QED) is 0.0958. The smallest absolute Gasteiger partial charge is 0.0199 e. The van der Waals surface area contributed by atoms with Crippen LogP contribution in [0.25, 0.3) is 43.1 Å². The first kappa shape index (κ1) is 19.2. The molecule has 0 unspecified atom stereocenters. The average Bonchev–Trinajstić information content (AvgIpc) is 2.70. The molecule has 28 heavy (non-hydrogen) atoms. The highest BCUT2D eigenvalue weighted by atomic mass is 32.1. The minimum absolute atomic E-state index is 0.916. The lowest BCUT2D eigenvalue weighted by molar-refractivity contribution is 1.45. The SMILES string of the molecule is Sc1ccc(S)c2cc3c(S)c4cc5c(S)ccc(S)c5cc4c(S)c3cc12. The van der Waals surface area contributed by atoms with Crippen LogP contribution in [0.4, 0.5) is 0 Å². The molecule has 0 fully saturated rings. The van der Waals surface area contributed by atoms with Crippen LogP contribution in [0.15, 0.2) is 77.9 Å².